The van der Waals surface area contributed by atoms with Crippen molar-refractivity contribution in [3.8, 4) is 24.0 Å². The van der Waals surface area contributed by atoms with Crippen LogP contribution in [0.15, 0.2) is 29.1 Å². The summed E-state index contributed by atoms with van der Waals surface area (Å²) in [5.41, 5.74) is 8.72. The summed E-state index contributed by atoms with van der Waals surface area (Å²) in [7, 11) is 0. The molecule has 0 radical (unpaired) electrons. The fourth-order valence-corrected chi connectivity index (χ4v) is 3.78. The Labute approximate surface area is 195 Å². The number of hydrogen-bond donors (Lipinski definition) is 4. The molecule has 0 fully saturated rings. The molecule has 7 nitrogen and oxygen atoms in total. The number of carbonyl (C=O) groups is 1. The molecule has 0 saturated carbocycles. The lowest BCUT2D eigenvalue weighted by atomic mass is 9.90. The average Bonchev–Trinajstić information content (AvgIpc) is 3.09. The van der Waals surface area contributed by atoms with E-state index in [9.17, 15) is 4.79 Å². The minimum Gasteiger partial charge on any atom is -0.483 e. The maximum absolute atomic E-state index is 12.4. The molecule has 0 unspecified atom stereocenters. The van der Waals surface area contributed by atoms with Crippen molar-refractivity contribution in [1.29, 1.82) is 0 Å². The van der Waals surface area contributed by atoms with E-state index in [2.05, 4.69) is 68.2 Å². The summed E-state index contributed by atoms with van der Waals surface area (Å²) in [6, 6.07) is 8.56. The van der Waals surface area contributed by atoms with Gasteiger partial charge >= 0.3 is 5.69 Å². The highest BCUT2D eigenvalue weighted by Crippen LogP contribution is 2.40. The van der Waals surface area contributed by atoms with Gasteiger partial charge in [0.1, 0.15) is 0 Å². The predicted octanol–water partition coefficient (Wildman–Crippen LogP) is 4.33. The number of terminal acetylenes is 1. The summed E-state index contributed by atoms with van der Waals surface area (Å²) >= 11 is 0. The zero-order valence-electron chi connectivity index (χ0n) is 20.3. The zero-order chi connectivity index (χ0) is 25.3. The predicted molar refractivity (Wildman–Crippen MR) is 136 cm³/mol. The number of H-pyrrole nitrogens is 1. The molecule has 0 bridgehead atoms. The van der Waals surface area contributed by atoms with Crippen molar-refractivity contribution < 1.29 is 15.0 Å². The second-order valence-electron chi connectivity index (χ2n) is 8.58. The van der Waals surface area contributed by atoms with E-state index in [1.165, 1.54) is 27.8 Å². The van der Waals surface area contributed by atoms with Crippen molar-refractivity contribution in [2.75, 3.05) is 11.9 Å². The van der Waals surface area contributed by atoms with Crippen LogP contribution in [0.1, 0.15) is 44.4 Å². The fraction of sp³-hybridized carbons (Fsp3) is 0.385. The number of aromatic amines is 1. The third-order valence-corrected chi connectivity index (χ3v) is 4.93. The fourth-order valence-electron chi connectivity index (χ4n) is 3.78. The third-order valence-electron chi connectivity index (χ3n) is 4.93. The largest absolute Gasteiger partial charge is 0.483 e. The van der Waals surface area contributed by atoms with E-state index < -0.39 is 5.60 Å². The number of rotatable bonds is 2. The number of carboxylic acid groups (broad SMARTS) is 1. The van der Waals surface area contributed by atoms with Gasteiger partial charge in [0, 0.05) is 18.7 Å². The number of aromatic nitrogens is 2. The number of imidazole rings is 1. The SMILES string of the molecule is C#C.CC(C)(C)O.CCc1c(C)c2c3c([nH]c(=O)n3CCN2)c1-c1ccc(C)cc1.O=CO. The molecule has 0 atom stereocenters. The molecule has 7 heteroatoms. The van der Waals surface area contributed by atoms with Gasteiger partial charge in [-0.2, -0.15) is 0 Å². The summed E-state index contributed by atoms with van der Waals surface area (Å²) < 4.78 is 1.87. The van der Waals surface area contributed by atoms with Crippen LogP contribution >= 0.6 is 0 Å². The van der Waals surface area contributed by atoms with E-state index in [-0.39, 0.29) is 12.2 Å². The van der Waals surface area contributed by atoms with Crippen LogP contribution in [0.2, 0.25) is 0 Å². The molecule has 0 aliphatic carbocycles. The van der Waals surface area contributed by atoms with Crippen molar-refractivity contribution in [3.05, 3.63) is 51.4 Å². The standard InChI is InChI=1S/C19H21N3O.C4H10O.C2H2.CH2O2/c1-4-14-12(3)16-18-17(21-19(23)22(18)10-9-20-16)15(14)13-7-5-11(2)6-8-13;1-4(2,3)5;1-2;2-1-3/h5-8,20H,4,9-10H2,1-3H3,(H,21,23);5H,1-3H3;1-2H;1H,(H,2,3). The summed E-state index contributed by atoms with van der Waals surface area (Å²) in [6.45, 7) is 12.9. The minimum absolute atomic E-state index is 0.0104. The Hall–Kier alpha value is -3.50. The second kappa shape index (κ2) is 11.9. The van der Waals surface area contributed by atoms with Gasteiger partial charge in [0.05, 0.1) is 22.3 Å². The van der Waals surface area contributed by atoms with E-state index in [1.807, 2.05) is 4.57 Å². The molecule has 1 aliphatic rings. The first-order chi connectivity index (χ1) is 15.5. The third kappa shape index (κ3) is 6.74. The quantitative estimate of drug-likeness (QED) is 0.341. The molecule has 0 spiro atoms. The molecule has 1 aromatic heterocycles. The summed E-state index contributed by atoms with van der Waals surface area (Å²) in [5, 5.41) is 18.9. The summed E-state index contributed by atoms with van der Waals surface area (Å²) in [5.74, 6) is 0. The van der Waals surface area contributed by atoms with Crippen LogP contribution < -0.4 is 11.0 Å². The molecule has 0 saturated heterocycles. The Morgan fingerprint density at radius 2 is 1.67 bits per heavy atom. The molecule has 1 aliphatic heterocycles. The topological polar surface area (TPSA) is 107 Å². The smallest absolute Gasteiger partial charge is 0.326 e. The van der Waals surface area contributed by atoms with Gasteiger partial charge in [0.15, 0.2) is 0 Å². The lowest BCUT2D eigenvalue weighted by Crippen LogP contribution is -2.25. The summed E-state index contributed by atoms with van der Waals surface area (Å²) in [4.78, 5) is 23.9. The van der Waals surface area contributed by atoms with Gasteiger partial charge in [-0.3, -0.25) is 9.36 Å². The number of benzene rings is 2. The van der Waals surface area contributed by atoms with E-state index in [0.717, 1.165) is 29.7 Å². The maximum atomic E-state index is 12.4. The Morgan fingerprint density at radius 1 is 1.15 bits per heavy atom. The molecular weight excluding hydrogens is 418 g/mol. The van der Waals surface area contributed by atoms with Crippen molar-refractivity contribution in [2.45, 2.75) is 60.1 Å². The van der Waals surface area contributed by atoms with Crippen molar-refractivity contribution in [3.63, 3.8) is 0 Å². The molecule has 4 rings (SSSR count). The van der Waals surface area contributed by atoms with Crippen LogP contribution in [0.25, 0.3) is 22.2 Å². The molecule has 178 valence electrons. The first kappa shape index (κ1) is 27.5. The molecule has 4 N–H and O–H groups in total. The summed E-state index contributed by atoms with van der Waals surface area (Å²) in [6.07, 6.45) is 8.94. The highest BCUT2D eigenvalue weighted by Gasteiger charge is 2.24. The van der Waals surface area contributed by atoms with Crippen LogP contribution in [-0.4, -0.2) is 38.4 Å². The van der Waals surface area contributed by atoms with Gasteiger partial charge in [0.2, 0.25) is 0 Å². The first-order valence-electron chi connectivity index (χ1n) is 10.8. The van der Waals surface area contributed by atoms with Gasteiger partial charge in [-0.1, -0.05) is 36.8 Å². The Morgan fingerprint density at radius 3 is 2.15 bits per heavy atom. The molecule has 0 amide bonds. The monoisotopic (exact) mass is 453 g/mol. The molecule has 2 aromatic carbocycles. The van der Waals surface area contributed by atoms with Gasteiger partial charge in [-0.25, -0.2) is 4.79 Å². The number of aliphatic hydroxyl groups is 1. The first-order valence-corrected chi connectivity index (χ1v) is 10.8. The van der Waals surface area contributed by atoms with Gasteiger partial charge < -0.3 is 20.5 Å². The molecular formula is C26H35N3O4. The minimum atomic E-state index is -0.500. The highest BCUT2D eigenvalue weighted by molar-refractivity contribution is 6.03. The lowest BCUT2D eigenvalue weighted by Gasteiger charge is -2.23. The highest BCUT2D eigenvalue weighted by atomic mass is 16.3. The van der Waals surface area contributed by atoms with E-state index >= 15 is 0 Å². The van der Waals surface area contributed by atoms with Crippen molar-refractivity contribution in [1.82, 2.24) is 9.55 Å². The number of hydrogen-bond acceptors (Lipinski definition) is 4. The second-order valence-corrected chi connectivity index (χ2v) is 8.58. The van der Waals surface area contributed by atoms with Crippen molar-refractivity contribution in [2.24, 2.45) is 0 Å². The molecule has 3 aromatic rings. The Balaban J connectivity index is 0.000000469. The maximum Gasteiger partial charge on any atom is 0.326 e. The van der Waals surface area contributed by atoms with Crippen molar-refractivity contribution >= 4 is 23.2 Å². The number of nitrogens with zero attached hydrogens (tertiary/aromatic N) is 1. The Kier molecular flexibility index (Phi) is 9.96. The molecule has 33 heavy (non-hydrogen) atoms. The number of aryl methyl sites for hydroxylation is 1. The molecule has 2 heterocycles. The normalized spacial score (nSPS) is 11.5. The average molecular weight is 454 g/mol. The van der Waals surface area contributed by atoms with Crippen LogP contribution in [0.4, 0.5) is 5.69 Å². The number of anilines is 1. The van der Waals surface area contributed by atoms with E-state index in [0.29, 0.717) is 6.54 Å². The zero-order valence-corrected chi connectivity index (χ0v) is 20.3. The number of nitrogens with one attached hydrogen (secondary N) is 2. The lowest BCUT2D eigenvalue weighted by molar-refractivity contribution is -0.122. The van der Waals surface area contributed by atoms with E-state index in [4.69, 9.17) is 15.0 Å². The van der Waals surface area contributed by atoms with Gasteiger partial charge in [-0.15, -0.1) is 12.8 Å². The van der Waals surface area contributed by atoms with E-state index in [1.54, 1.807) is 20.8 Å². The van der Waals surface area contributed by atoms with Gasteiger partial charge in [-0.05, 0) is 57.7 Å². The Bertz CT molecular complexity index is 1140. The van der Waals surface area contributed by atoms with Crippen LogP contribution in [0, 0.1) is 26.7 Å². The van der Waals surface area contributed by atoms with Crippen LogP contribution in [0.3, 0.4) is 0 Å². The van der Waals surface area contributed by atoms with Gasteiger partial charge in [0.25, 0.3) is 6.47 Å². The van der Waals surface area contributed by atoms with Crippen LogP contribution in [-0.2, 0) is 17.8 Å². The van der Waals surface area contributed by atoms with Crippen LogP contribution in [0.5, 0.6) is 0 Å².